The zero-order valence-corrected chi connectivity index (χ0v) is 27.2. The first kappa shape index (κ1) is 28.8. The highest BCUT2D eigenvalue weighted by atomic mass is 16.5. The summed E-state index contributed by atoms with van der Waals surface area (Å²) in [5, 5.41) is 1.22. The van der Waals surface area contributed by atoms with Crippen molar-refractivity contribution in [1.29, 1.82) is 0 Å². The average Bonchev–Trinajstić information content (AvgIpc) is 3.39. The van der Waals surface area contributed by atoms with Gasteiger partial charge in [0.05, 0.1) is 18.3 Å². The molecule has 5 aromatic rings. The number of fused-ring (bicyclic) bond motifs is 4. The third-order valence-corrected chi connectivity index (χ3v) is 11.2. The zero-order chi connectivity index (χ0) is 31.8. The van der Waals surface area contributed by atoms with Crippen LogP contribution in [0.4, 0.5) is 5.82 Å². The van der Waals surface area contributed by atoms with Crippen molar-refractivity contribution < 1.29 is 9.53 Å². The van der Waals surface area contributed by atoms with Crippen LogP contribution in [0.25, 0.3) is 33.5 Å². The van der Waals surface area contributed by atoms with Crippen LogP contribution in [0.15, 0.2) is 54.7 Å². The van der Waals surface area contributed by atoms with E-state index in [1.807, 2.05) is 36.2 Å². The van der Waals surface area contributed by atoms with E-state index in [4.69, 9.17) is 20.4 Å². The molecule has 2 N–H and O–H groups in total. The van der Waals surface area contributed by atoms with E-state index in [2.05, 4.69) is 49.3 Å². The van der Waals surface area contributed by atoms with Crippen molar-refractivity contribution in [2.45, 2.75) is 64.2 Å². The summed E-state index contributed by atoms with van der Waals surface area (Å²) in [6, 6.07) is 17.0. The predicted octanol–water partition coefficient (Wildman–Crippen LogP) is 5.26. The van der Waals surface area contributed by atoms with E-state index in [1.165, 1.54) is 23.7 Å². The molecule has 3 aromatic heterocycles. The van der Waals surface area contributed by atoms with Crippen molar-refractivity contribution in [2.75, 3.05) is 31.6 Å². The summed E-state index contributed by atoms with van der Waals surface area (Å²) < 4.78 is 10.9. The van der Waals surface area contributed by atoms with Gasteiger partial charge in [0.1, 0.15) is 22.9 Å². The predicted molar refractivity (Wildman–Crippen MR) is 183 cm³/mol. The summed E-state index contributed by atoms with van der Waals surface area (Å²) >= 11 is 0. The quantitative estimate of drug-likeness (QED) is 0.249. The molecular weight excluding hydrogens is 588 g/mol. The van der Waals surface area contributed by atoms with E-state index < -0.39 is 0 Å². The van der Waals surface area contributed by atoms with Gasteiger partial charge in [-0.05, 0) is 87.1 Å². The van der Waals surface area contributed by atoms with E-state index in [-0.39, 0.29) is 18.0 Å². The van der Waals surface area contributed by atoms with E-state index >= 15 is 0 Å². The molecule has 4 atom stereocenters. The Morgan fingerprint density at radius 3 is 2.57 bits per heavy atom. The molecule has 5 heterocycles. The monoisotopic (exact) mass is 630 g/mol. The molecular formula is C37H42N8O2. The fourth-order valence-corrected chi connectivity index (χ4v) is 8.55. The number of carbonyl (C=O) groups is 1. The van der Waals surface area contributed by atoms with Gasteiger partial charge in [0, 0.05) is 67.5 Å². The maximum Gasteiger partial charge on any atom is 0.254 e. The Morgan fingerprint density at radius 1 is 0.957 bits per heavy atom. The molecule has 1 unspecified atom stereocenters. The normalized spacial score (nSPS) is 23.9. The lowest BCUT2D eigenvalue weighted by Gasteiger charge is -2.27. The average molecular weight is 631 g/mol. The van der Waals surface area contributed by atoms with Crippen molar-refractivity contribution in [3.05, 3.63) is 66.1 Å². The Bertz CT molecular complexity index is 2010. The number of amides is 1. The van der Waals surface area contributed by atoms with E-state index in [0.717, 1.165) is 86.2 Å². The SMILES string of the molecule is COc1cc(C(=O)N2C[C@H]3CCC2[C@@H]3N)cc2nc(-c3cc4ccccc4n3CC3CC3)n(C[C@H]3CCN(c4ccnc(C)n4)C3)c12. The van der Waals surface area contributed by atoms with E-state index in [0.29, 0.717) is 29.1 Å². The molecule has 1 amide bonds. The molecule has 2 bridgehead atoms. The van der Waals surface area contributed by atoms with Gasteiger partial charge in [0.2, 0.25) is 0 Å². The lowest BCUT2D eigenvalue weighted by molar-refractivity contribution is 0.0700. The lowest BCUT2D eigenvalue weighted by atomic mass is 10.1. The minimum absolute atomic E-state index is 0.0263. The third-order valence-electron chi connectivity index (χ3n) is 11.2. The summed E-state index contributed by atoms with van der Waals surface area (Å²) in [6.07, 6.45) is 7.51. The van der Waals surface area contributed by atoms with Crippen LogP contribution in [-0.4, -0.2) is 73.7 Å². The van der Waals surface area contributed by atoms with Crippen LogP contribution < -0.4 is 15.4 Å². The van der Waals surface area contributed by atoms with Crippen molar-refractivity contribution in [1.82, 2.24) is 29.0 Å². The fourth-order valence-electron chi connectivity index (χ4n) is 8.55. The minimum Gasteiger partial charge on any atom is -0.494 e. The molecule has 4 aliphatic rings. The van der Waals surface area contributed by atoms with Gasteiger partial charge in [-0.3, -0.25) is 4.79 Å². The number of likely N-dealkylation sites (tertiary alicyclic amines) is 1. The number of para-hydroxylation sites is 1. The highest BCUT2D eigenvalue weighted by Gasteiger charge is 2.47. The molecule has 2 aliphatic heterocycles. The van der Waals surface area contributed by atoms with Gasteiger partial charge >= 0.3 is 0 Å². The number of ether oxygens (including phenoxy) is 1. The van der Waals surface area contributed by atoms with Gasteiger partial charge in [-0.15, -0.1) is 0 Å². The molecule has 2 aliphatic carbocycles. The minimum atomic E-state index is 0.0263. The standard InChI is InChI=1S/C37H42N8O2/c1-22-39-13-11-33(40-22)42-14-12-24(18-42)20-45-35-28(15-27(17-32(35)47-2)37(46)44-21-26-9-10-30(44)34(26)38)41-36(45)31-16-25-5-3-4-6-29(25)43(31)19-23-7-8-23/h3-6,11,13,15-17,23-24,26,30,34H,7-10,12,14,18-21,38H2,1-2H3/t24-,26+,30?,34+/m0/s1. The maximum atomic E-state index is 14.0. The highest BCUT2D eigenvalue weighted by molar-refractivity contribution is 6.00. The number of imidazole rings is 1. The topological polar surface area (TPSA) is 107 Å². The van der Waals surface area contributed by atoms with Gasteiger partial charge < -0.3 is 29.4 Å². The fraction of sp³-hybridized carbons (Fsp3) is 0.459. The second-order valence-electron chi connectivity index (χ2n) is 14.2. The molecule has 2 aromatic carbocycles. The number of rotatable bonds is 8. The van der Waals surface area contributed by atoms with Gasteiger partial charge in [0.25, 0.3) is 5.91 Å². The first-order chi connectivity index (χ1) is 22.9. The number of hydrogen-bond donors (Lipinski definition) is 1. The van der Waals surface area contributed by atoms with Crippen LogP contribution in [0.2, 0.25) is 0 Å². The number of benzene rings is 2. The van der Waals surface area contributed by atoms with E-state index in [9.17, 15) is 4.79 Å². The highest BCUT2D eigenvalue weighted by Crippen LogP contribution is 2.41. The smallest absolute Gasteiger partial charge is 0.254 e. The molecule has 2 saturated carbocycles. The van der Waals surface area contributed by atoms with Crippen LogP contribution in [0.5, 0.6) is 5.75 Å². The Balaban J connectivity index is 1.15. The molecule has 0 radical (unpaired) electrons. The second-order valence-corrected chi connectivity index (χ2v) is 14.2. The van der Waals surface area contributed by atoms with Crippen LogP contribution in [0, 0.1) is 24.7 Å². The van der Waals surface area contributed by atoms with Crippen LogP contribution >= 0.6 is 0 Å². The molecule has 0 spiro atoms. The maximum absolute atomic E-state index is 14.0. The number of nitrogens with zero attached hydrogens (tertiary/aromatic N) is 7. The summed E-state index contributed by atoms with van der Waals surface area (Å²) in [4.78, 5) is 32.7. The Labute approximate surface area is 274 Å². The number of carbonyl (C=O) groups excluding carboxylic acids is 1. The molecule has 10 heteroatoms. The first-order valence-electron chi connectivity index (χ1n) is 17.2. The number of methoxy groups -OCH3 is 1. The number of nitrogens with two attached hydrogens (primary N) is 1. The third kappa shape index (κ3) is 4.87. The first-order valence-corrected chi connectivity index (χ1v) is 17.2. The van der Waals surface area contributed by atoms with Crippen molar-refractivity contribution in [3.8, 4) is 17.3 Å². The zero-order valence-electron chi connectivity index (χ0n) is 27.2. The molecule has 10 nitrogen and oxygen atoms in total. The Hall–Kier alpha value is -4.44. The van der Waals surface area contributed by atoms with Gasteiger partial charge in [-0.25, -0.2) is 15.0 Å². The summed E-state index contributed by atoms with van der Waals surface area (Å²) in [5.74, 6) is 4.89. The Morgan fingerprint density at radius 2 is 1.81 bits per heavy atom. The lowest BCUT2D eigenvalue weighted by Crippen LogP contribution is -2.41. The largest absolute Gasteiger partial charge is 0.494 e. The molecule has 2 saturated heterocycles. The van der Waals surface area contributed by atoms with Crippen LogP contribution in [-0.2, 0) is 13.1 Å². The molecule has 4 fully saturated rings. The van der Waals surface area contributed by atoms with Crippen molar-refractivity contribution in [3.63, 3.8) is 0 Å². The number of aryl methyl sites for hydroxylation is 1. The van der Waals surface area contributed by atoms with Gasteiger partial charge in [0.15, 0.2) is 5.82 Å². The summed E-state index contributed by atoms with van der Waals surface area (Å²) in [5.41, 5.74) is 11.2. The number of hydrogen-bond acceptors (Lipinski definition) is 7. The summed E-state index contributed by atoms with van der Waals surface area (Å²) in [7, 11) is 1.70. The van der Waals surface area contributed by atoms with Gasteiger partial charge in [-0.2, -0.15) is 0 Å². The second kappa shape index (κ2) is 11.1. The Kier molecular flexibility index (Phi) is 6.78. The van der Waals surface area contributed by atoms with E-state index in [1.54, 1.807) is 7.11 Å². The number of anilines is 1. The molecule has 47 heavy (non-hydrogen) atoms. The van der Waals surface area contributed by atoms with Gasteiger partial charge in [-0.1, -0.05) is 18.2 Å². The molecule has 9 rings (SSSR count). The van der Waals surface area contributed by atoms with Crippen LogP contribution in [0.3, 0.4) is 0 Å². The number of aromatic nitrogens is 5. The summed E-state index contributed by atoms with van der Waals surface area (Å²) in [6.45, 7) is 6.28. The van der Waals surface area contributed by atoms with Crippen molar-refractivity contribution in [2.24, 2.45) is 23.5 Å². The number of piperidine rings is 1. The van der Waals surface area contributed by atoms with Crippen molar-refractivity contribution >= 4 is 33.7 Å². The van der Waals surface area contributed by atoms with Crippen LogP contribution in [0.1, 0.15) is 48.3 Å². The molecule has 242 valence electrons.